The fourth-order valence-corrected chi connectivity index (χ4v) is 9.34. The standard InChI is InChI=1S/C50H44N4/c1-29-10-7-8-11-39(29)35-17-15-34-25-37(18-16-33(34)24-35)50-41-13-9-12-40(36-19-22-45-47(26-36)53(5)31(3)51-45)43(41)28-44-42(50)21-14-30(2)49(44)38-20-23-46-48(27-38)54(6)32(4)52-46/h7-30,39,49H,1-6H3. The van der Waals surface area contributed by atoms with Crippen LogP contribution in [0.2, 0.25) is 0 Å². The number of imidazole rings is 2. The van der Waals surface area contributed by atoms with Gasteiger partial charge in [0.15, 0.2) is 0 Å². The van der Waals surface area contributed by atoms with E-state index in [0.29, 0.717) is 17.8 Å². The van der Waals surface area contributed by atoms with Crippen molar-refractivity contribution in [3.63, 3.8) is 0 Å². The van der Waals surface area contributed by atoms with Crippen molar-refractivity contribution in [2.24, 2.45) is 25.9 Å². The highest BCUT2D eigenvalue weighted by Crippen LogP contribution is 2.48. The fraction of sp³-hybridized carbons (Fsp3) is 0.200. The Labute approximate surface area is 316 Å². The number of aromatic nitrogens is 4. The first-order chi connectivity index (χ1) is 26.2. The summed E-state index contributed by atoms with van der Waals surface area (Å²) in [5, 5.41) is 5.09. The third-order valence-corrected chi connectivity index (χ3v) is 12.5. The van der Waals surface area contributed by atoms with Crippen LogP contribution in [0.15, 0.2) is 127 Å². The van der Waals surface area contributed by atoms with Crippen LogP contribution in [-0.4, -0.2) is 19.1 Å². The predicted molar refractivity (Wildman–Crippen MR) is 227 cm³/mol. The number of hydrogen-bond donors (Lipinski definition) is 0. The van der Waals surface area contributed by atoms with Crippen molar-refractivity contribution < 1.29 is 0 Å². The lowest BCUT2D eigenvalue weighted by molar-refractivity contribution is 0.620. The van der Waals surface area contributed by atoms with E-state index in [1.165, 1.54) is 71.6 Å². The molecule has 8 aromatic rings. The maximum Gasteiger partial charge on any atom is 0.106 e. The van der Waals surface area contributed by atoms with Crippen molar-refractivity contribution in [1.29, 1.82) is 0 Å². The van der Waals surface area contributed by atoms with Gasteiger partial charge in [-0.3, -0.25) is 0 Å². The zero-order valence-corrected chi connectivity index (χ0v) is 31.8. The van der Waals surface area contributed by atoms with Gasteiger partial charge in [0.2, 0.25) is 0 Å². The van der Waals surface area contributed by atoms with Crippen LogP contribution in [0.4, 0.5) is 0 Å². The van der Waals surface area contributed by atoms with Crippen LogP contribution in [0.3, 0.4) is 0 Å². The van der Waals surface area contributed by atoms with E-state index >= 15 is 0 Å². The summed E-state index contributed by atoms with van der Waals surface area (Å²) < 4.78 is 4.41. The van der Waals surface area contributed by atoms with E-state index in [-0.39, 0.29) is 5.92 Å². The van der Waals surface area contributed by atoms with Gasteiger partial charge in [0.1, 0.15) is 11.6 Å². The first kappa shape index (κ1) is 32.6. The van der Waals surface area contributed by atoms with Gasteiger partial charge >= 0.3 is 0 Å². The maximum atomic E-state index is 4.83. The number of rotatable bonds is 4. The monoisotopic (exact) mass is 700 g/mol. The average molecular weight is 701 g/mol. The molecule has 0 spiro atoms. The predicted octanol–water partition coefficient (Wildman–Crippen LogP) is 12.4. The molecule has 0 saturated heterocycles. The first-order valence-corrected chi connectivity index (χ1v) is 19.3. The van der Waals surface area contributed by atoms with Crippen LogP contribution < -0.4 is 0 Å². The molecule has 0 amide bonds. The Kier molecular flexibility index (Phi) is 7.42. The lowest BCUT2D eigenvalue weighted by Crippen LogP contribution is -2.15. The number of hydrogen-bond acceptors (Lipinski definition) is 2. The van der Waals surface area contributed by atoms with Gasteiger partial charge in [-0.2, -0.15) is 0 Å². The average Bonchev–Trinajstić information content (AvgIpc) is 3.64. The number of benzene rings is 6. The molecule has 0 N–H and O–H groups in total. The minimum Gasteiger partial charge on any atom is -0.331 e. The number of nitrogens with zero attached hydrogens (tertiary/aromatic N) is 4. The van der Waals surface area contributed by atoms with E-state index in [9.17, 15) is 0 Å². The maximum absolute atomic E-state index is 4.83. The van der Waals surface area contributed by atoms with Crippen LogP contribution in [-0.2, 0) is 14.1 Å². The molecule has 4 atom stereocenters. The minimum absolute atomic E-state index is 0.186. The van der Waals surface area contributed by atoms with Crippen molar-refractivity contribution in [2.45, 2.75) is 39.5 Å². The highest BCUT2D eigenvalue weighted by atomic mass is 15.1. The molecule has 0 saturated carbocycles. The molecule has 2 heterocycles. The summed E-state index contributed by atoms with van der Waals surface area (Å²) in [6.45, 7) is 8.83. The second kappa shape index (κ2) is 12.3. The van der Waals surface area contributed by atoms with E-state index in [0.717, 1.165) is 28.2 Å². The second-order valence-corrected chi connectivity index (χ2v) is 15.7. The molecule has 10 rings (SSSR count). The van der Waals surface area contributed by atoms with Gasteiger partial charge in [0.25, 0.3) is 0 Å². The van der Waals surface area contributed by atoms with Crippen molar-refractivity contribution in [3.05, 3.63) is 161 Å². The Hall–Kier alpha value is -6.00. The Morgan fingerprint density at radius 1 is 0.574 bits per heavy atom. The molecule has 2 aliphatic rings. The summed E-state index contributed by atoms with van der Waals surface area (Å²) >= 11 is 0. The first-order valence-electron chi connectivity index (χ1n) is 19.3. The SMILES string of the molecule is Cc1nc2ccc(-c3cccc4c(-c5ccc6cc(C7C=CC=CC7C)ccc6c5)c5c(cc34)C(c3ccc4nc(C)n(C)c4c3)C(C)C=C5)cc2n1C. The molecule has 0 fully saturated rings. The number of fused-ring (bicyclic) bond motifs is 5. The molecule has 4 nitrogen and oxygen atoms in total. The molecular formula is C50H44N4. The van der Waals surface area contributed by atoms with Crippen molar-refractivity contribution in [3.8, 4) is 22.3 Å². The Bertz CT molecular complexity index is 2930. The van der Waals surface area contributed by atoms with Gasteiger partial charge in [0.05, 0.1) is 22.1 Å². The molecule has 264 valence electrons. The molecule has 4 unspecified atom stereocenters. The Morgan fingerprint density at radius 3 is 2.06 bits per heavy atom. The highest BCUT2D eigenvalue weighted by molar-refractivity contribution is 6.09. The van der Waals surface area contributed by atoms with Gasteiger partial charge in [-0.25, -0.2) is 9.97 Å². The zero-order valence-electron chi connectivity index (χ0n) is 31.8. The normalized spacial score (nSPS) is 19.4. The Balaban J connectivity index is 1.22. The third kappa shape index (κ3) is 5.04. The van der Waals surface area contributed by atoms with Gasteiger partial charge in [-0.15, -0.1) is 0 Å². The molecule has 54 heavy (non-hydrogen) atoms. The third-order valence-electron chi connectivity index (χ3n) is 12.5. The summed E-state index contributed by atoms with van der Waals surface area (Å²) in [6, 6.07) is 37.1. The van der Waals surface area contributed by atoms with Gasteiger partial charge < -0.3 is 9.13 Å². The van der Waals surface area contributed by atoms with E-state index < -0.39 is 0 Å². The van der Waals surface area contributed by atoms with E-state index in [4.69, 9.17) is 9.97 Å². The molecular weight excluding hydrogens is 657 g/mol. The van der Waals surface area contributed by atoms with Gasteiger partial charge in [0, 0.05) is 25.9 Å². The van der Waals surface area contributed by atoms with Crippen LogP contribution in [0.5, 0.6) is 0 Å². The van der Waals surface area contributed by atoms with E-state index in [1.54, 1.807) is 0 Å². The molecule has 0 bridgehead atoms. The zero-order chi connectivity index (χ0) is 36.8. The smallest absolute Gasteiger partial charge is 0.106 e. The Morgan fingerprint density at radius 2 is 1.26 bits per heavy atom. The number of allylic oxidation sites excluding steroid dienone is 5. The van der Waals surface area contributed by atoms with Crippen LogP contribution in [0.25, 0.3) is 71.9 Å². The fourth-order valence-electron chi connectivity index (χ4n) is 9.34. The largest absolute Gasteiger partial charge is 0.331 e. The topological polar surface area (TPSA) is 35.6 Å². The minimum atomic E-state index is 0.186. The lowest BCUT2D eigenvalue weighted by atomic mass is 9.73. The summed E-state index contributed by atoms with van der Waals surface area (Å²) in [5.74, 6) is 3.43. The summed E-state index contributed by atoms with van der Waals surface area (Å²) in [6.07, 6.45) is 13.8. The quantitative estimate of drug-likeness (QED) is 0.183. The summed E-state index contributed by atoms with van der Waals surface area (Å²) in [7, 11) is 4.23. The molecule has 0 radical (unpaired) electrons. The molecule has 6 aromatic carbocycles. The molecule has 4 heteroatoms. The van der Waals surface area contributed by atoms with Crippen LogP contribution >= 0.6 is 0 Å². The van der Waals surface area contributed by atoms with Crippen molar-refractivity contribution >= 4 is 49.7 Å². The number of aryl methyl sites for hydroxylation is 4. The van der Waals surface area contributed by atoms with Gasteiger partial charge in [-0.05, 0) is 128 Å². The van der Waals surface area contributed by atoms with E-state index in [2.05, 4.69) is 184 Å². The van der Waals surface area contributed by atoms with Crippen LogP contribution in [0.1, 0.15) is 59.6 Å². The second-order valence-electron chi connectivity index (χ2n) is 15.7. The van der Waals surface area contributed by atoms with Crippen molar-refractivity contribution in [1.82, 2.24) is 19.1 Å². The van der Waals surface area contributed by atoms with E-state index in [1.807, 2.05) is 0 Å². The summed E-state index contributed by atoms with van der Waals surface area (Å²) in [5.41, 5.74) is 14.8. The van der Waals surface area contributed by atoms with Crippen LogP contribution in [0, 0.1) is 25.7 Å². The summed E-state index contributed by atoms with van der Waals surface area (Å²) in [4.78, 5) is 9.63. The highest BCUT2D eigenvalue weighted by Gasteiger charge is 2.29. The molecule has 0 aliphatic heterocycles. The molecule has 2 aromatic heterocycles. The lowest BCUT2D eigenvalue weighted by Gasteiger charge is -2.31. The molecule has 2 aliphatic carbocycles. The van der Waals surface area contributed by atoms with Gasteiger partial charge in [-0.1, -0.05) is 111 Å². The van der Waals surface area contributed by atoms with Crippen molar-refractivity contribution in [2.75, 3.05) is 0 Å².